The Morgan fingerprint density at radius 3 is 2.57 bits per heavy atom. The van der Waals surface area contributed by atoms with Crippen LogP contribution in [0.3, 0.4) is 0 Å². The highest BCUT2D eigenvalue weighted by Gasteiger charge is 2.15. The van der Waals surface area contributed by atoms with Crippen LogP contribution in [-0.4, -0.2) is 60.1 Å². The first-order chi connectivity index (χ1) is 10.1. The fraction of sp³-hybridized carbons (Fsp3) is 0.786. The zero-order valence-electron chi connectivity index (χ0n) is 13.2. The Kier molecular flexibility index (Phi) is 5.98. The molecule has 0 atom stereocenters. The first kappa shape index (κ1) is 15.8. The van der Waals surface area contributed by atoms with Gasteiger partial charge in [-0.05, 0) is 52.7 Å². The SMILES string of the molecule is CN(C)CCCCNc1nc(N)nc(N2CCCCC2)n1. The van der Waals surface area contributed by atoms with Crippen LogP contribution in [0.25, 0.3) is 0 Å². The molecule has 0 aliphatic carbocycles. The van der Waals surface area contributed by atoms with Crippen LogP contribution in [0, 0.1) is 0 Å². The average Bonchev–Trinajstić information content (AvgIpc) is 2.47. The molecule has 7 heteroatoms. The van der Waals surface area contributed by atoms with Crippen LogP contribution in [0.5, 0.6) is 0 Å². The minimum absolute atomic E-state index is 0.293. The molecule has 0 saturated carbocycles. The predicted octanol–water partition coefficient (Wildman–Crippen LogP) is 1.20. The lowest BCUT2D eigenvalue weighted by Crippen LogP contribution is -2.31. The number of aromatic nitrogens is 3. The Balaban J connectivity index is 1.86. The van der Waals surface area contributed by atoms with Gasteiger partial charge in [0.05, 0.1) is 0 Å². The van der Waals surface area contributed by atoms with Crippen molar-refractivity contribution in [3.63, 3.8) is 0 Å². The van der Waals surface area contributed by atoms with E-state index < -0.39 is 0 Å². The summed E-state index contributed by atoms with van der Waals surface area (Å²) in [5.74, 6) is 1.59. The first-order valence-corrected chi connectivity index (χ1v) is 7.80. The van der Waals surface area contributed by atoms with Crippen LogP contribution < -0.4 is 16.0 Å². The highest BCUT2D eigenvalue weighted by atomic mass is 15.3. The van der Waals surface area contributed by atoms with Gasteiger partial charge < -0.3 is 20.9 Å². The summed E-state index contributed by atoms with van der Waals surface area (Å²) in [5, 5.41) is 3.25. The van der Waals surface area contributed by atoms with E-state index in [1.165, 1.54) is 19.3 Å². The van der Waals surface area contributed by atoms with Crippen molar-refractivity contribution in [2.24, 2.45) is 0 Å². The molecule has 1 aliphatic heterocycles. The summed E-state index contributed by atoms with van der Waals surface area (Å²) >= 11 is 0. The van der Waals surface area contributed by atoms with Gasteiger partial charge in [-0.2, -0.15) is 15.0 Å². The molecule has 1 saturated heterocycles. The van der Waals surface area contributed by atoms with Gasteiger partial charge in [-0.3, -0.25) is 0 Å². The van der Waals surface area contributed by atoms with E-state index in [-0.39, 0.29) is 0 Å². The lowest BCUT2D eigenvalue weighted by atomic mass is 10.1. The first-order valence-electron chi connectivity index (χ1n) is 7.80. The largest absolute Gasteiger partial charge is 0.368 e. The molecule has 118 valence electrons. The van der Waals surface area contributed by atoms with Crippen molar-refractivity contribution < 1.29 is 0 Å². The summed E-state index contributed by atoms with van der Waals surface area (Å²) in [7, 11) is 4.18. The molecule has 0 radical (unpaired) electrons. The van der Waals surface area contributed by atoms with Crippen molar-refractivity contribution >= 4 is 17.8 Å². The lowest BCUT2D eigenvalue weighted by molar-refractivity contribution is 0.396. The number of unbranched alkanes of at least 4 members (excludes halogenated alkanes) is 1. The van der Waals surface area contributed by atoms with Gasteiger partial charge in [0, 0.05) is 19.6 Å². The van der Waals surface area contributed by atoms with Gasteiger partial charge in [0.15, 0.2) is 0 Å². The topological polar surface area (TPSA) is 83.2 Å². The third-order valence-corrected chi connectivity index (χ3v) is 3.60. The molecule has 2 heterocycles. The van der Waals surface area contributed by atoms with Crippen LogP contribution in [0.2, 0.25) is 0 Å². The second-order valence-corrected chi connectivity index (χ2v) is 5.80. The summed E-state index contributed by atoms with van der Waals surface area (Å²) in [6, 6.07) is 0. The van der Waals surface area contributed by atoms with E-state index >= 15 is 0 Å². The molecule has 0 amide bonds. The van der Waals surface area contributed by atoms with Gasteiger partial charge in [0.2, 0.25) is 17.8 Å². The minimum Gasteiger partial charge on any atom is -0.368 e. The van der Waals surface area contributed by atoms with E-state index in [0.29, 0.717) is 17.8 Å². The quantitative estimate of drug-likeness (QED) is 0.731. The molecule has 0 spiro atoms. The van der Waals surface area contributed by atoms with Gasteiger partial charge in [0.1, 0.15) is 0 Å². The maximum atomic E-state index is 5.80. The Morgan fingerprint density at radius 2 is 1.86 bits per heavy atom. The number of hydrogen-bond acceptors (Lipinski definition) is 7. The van der Waals surface area contributed by atoms with Crippen molar-refractivity contribution in [1.29, 1.82) is 0 Å². The van der Waals surface area contributed by atoms with Crippen LogP contribution >= 0.6 is 0 Å². The maximum absolute atomic E-state index is 5.80. The van der Waals surface area contributed by atoms with E-state index in [1.54, 1.807) is 0 Å². The number of piperidine rings is 1. The van der Waals surface area contributed by atoms with Crippen molar-refractivity contribution in [3.8, 4) is 0 Å². The molecule has 1 fully saturated rings. The number of anilines is 3. The number of nitrogens with two attached hydrogens (primary N) is 1. The zero-order valence-corrected chi connectivity index (χ0v) is 13.2. The Bertz CT molecular complexity index is 429. The minimum atomic E-state index is 0.293. The average molecular weight is 293 g/mol. The van der Waals surface area contributed by atoms with Gasteiger partial charge in [-0.1, -0.05) is 0 Å². The van der Waals surface area contributed by atoms with Crippen molar-refractivity contribution in [1.82, 2.24) is 19.9 Å². The van der Waals surface area contributed by atoms with Crippen LogP contribution in [0.15, 0.2) is 0 Å². The molecule has 2 rings (SSSR count). The van der Waals surface area contributed by atoms with Crippen molar-refractivity contribution in [2.75, 3.05) is 56.2 Å². The van der Waals surface area contributed by atoms with Crippen molar-refractivity contribution in [3.05, 3.63) is 0 Å². The molecule has 7 nitrogen and oxygen atoms in total. The summed E-state index contributed by atoms with van der Waals surface area (Å²) < 4.78 is 0. The van der Waals surface area contributed by atoms with Gasteiger partial charge in [-0.25, -0.2) is 0 Å². The number of nitrogens with one attached hydrogen (secondary N) is 1. The fourth-order valence-electron chi connectivity index (χ4n) is 2.45. The normalized spacial score (nSPS) is 15.5. The summed E-state index contributed by atoms with van der Waals surface area (Å²) in [6.07, 6.45) is 5.91. The van der Waals surface area contributed by atoms with E-state index in [4.69, 9.17) is 5.73 Å². The molecule has 1 aliphatic rings. The Hall–Kier alpha value is -1.63. The third-order valence-electron chi connectivity index (χ3n) is 3.60. The second-order valence-electron chi connectivity index (χ2n) is 5.80. The Morgan fingerprint density at radius 1 is 1.10 bits per heavy atom. The number of nitrogens with zero attached hydrogens (tertiary/aromatic N) is 5. The predicted molar refractivity (Wildman–Crippen MR) is 86.6 cm³/mol. The van der Waals surface area contributed by atoms with Gasteiger partial charge in [0.25, 0.3) is 0 Å². The molecule has 21 heavy (non-hydrogen) atoms. The van der Waals surface area contributed by atoms with Crippen LogP contribution in [0.4, 0.5) is 17.8 Å². The molecule has 1 aromatic heterocycles. The lowest BCUT2D eigenvalue weighted by Gasteiger charge is -2.26. The van der Waals surface area contributed by atoms with Crippen molar-refractivity contribution in [2.45, 2.75) is 32.1 Å². The second kappa shape index (κ2) is 7.97. The molecule has 3 N–H and O–H groups in total. The maximum Gasteiger partial charge on any atom is 0.231 e. The smallest absolute Gasteiger partial charge is 0.231 e. The molecule has 0 unspecified atom stereocenters. The van der Waals surface area contributed by atoms with Gasteiger partial charge >= 0.3 is 0 Å². The van der Waals surface area contributed by atoms with E-state index in [1.807, 2.05) is 0 Å². The third kappa shape index (κ3) is 5.34. The summed E-state index contributed by atoms with van der Waals surface area (Å²) in [6.45, 7) is 3.97. The van der Waals surface area contributed by atoms with Crippen LogP contribution in [-0.2, 0) is 0 Å². The standard InChI is InChI=1S/C14H27N7/c1-20(2)9-7-4-8-16-13-17-12(15)18-14(19-13)21-10-5-3-6-11-21/h3-11H2,1-2H3,(H3,15,16,17,18,19). The summed E-state index contributed by atoms with van der Waals surface area (Å²) in [5.41, 5.74) is 5.80. The molecule has 1 aromatic rings. The number of rotatable bonds is 7. The highest BCUT2D eigenvalue weighted by molar-refractivity contribution is 5.42. The zero-order chi connectivity index (χ0) is 15.1. The van der Waals surface area contributed by atoms with Crippen LogP contribution in [0.1, 0.15) is 32.1 Å². The van der Waals surface area contributed by atoms with E-state index in [2.05, 4.69) is 44.2 Å². The van der Waals surface area contributed by atoms with Gasteiger partial charge in [-0.15, -0.1) is 0 Å². The molecule has 0 bridgehead atoms. The molecular weight excluding hydrogens is 266 g/mol. The monoisotopic (exact) mass is 293 g/mol. The number of nitrogen functional groups attached to an aromatic ring is 1. The highest BCUT2D eigenvalue weighted by Crippen LogP contribution is 2.17. The Labute approximate surface area is 127 Å². The molecule has 0 aromatic carbocycles. The van der Waals surface area contributed by atoms with E-state index in [0.717, 1.165) is 39.0 Å². The fourth-order valence-corrected chi connectivity index (χ4v) is 2.45. The summed E-state index contributed by atoms with van der Waals surface area (Å²) in [4.78, 5) is 17.3. The van der Waals surface area contributed by atoms with E-state index in [9.17, 15) is 0 Å². The number of hydrogen-bond donors (Lipinski definition) is 2. The molecular formula is C14H27N7.